The number of nitrogens with zero attached hydrogens (tertiary/aromatic N) is 4. The lowest BCUT2D eigenvalue weighted by atomic mass is 10.2. The van der Waals surface area contributed by atoms with E-state index in [9.17, 15) is 19.7 Å². The van der Waals surface area contributed by atoms with Crippen LogP contribution < -0.4 is 10.6 Å². The smallest absolute Gasteiger partial charge is 0.269 e. The van der Waals surface area contributed by atoms with Crippen LogP contribution >= 0.6 is 35.0 Å². The van der Waals surface area contributed by atoms with Gasteiger partial charge in [-0.15, -0.1) is 10.2 Å². The van der Waals surface area contributed by atoms with Gasteiger partial charge in [-0.3, -0.25) is 19.7 Å². The minimum Gasteiger partial charge on any atom is -0.342 e. The van der Waals surface area contributed by atoms with E-state index in [-0.39, 0.29) is 28.3 Å². The van der Waals surface area contributed by atoms with Gasteiger partial charge in [-0.25, -0.2) is 0 Å². The number of non-ortho nitro benzene ring substituents is 1. The SMILES string of the molecule is C[C@H](NC(=O)c1ccc(Cl)c(Cl)c1)c1nnc(SCC(=O)Nc2ccc([N+](=O)[O-])cc2)n1C. The van der Waals surface area contributed by atoms with Gasteiger partial charge in [0.15, 0.2) is 11.0 Å². The van der Waals surface area contributed by atoms with Gasteiger partial charge in [0.1, 0.15) is 0 Å². The van der Waals surface area contributed by atoms with Crippen molar-refractivity contribution in [3.8, 4) is 0 Å². The van der Waals surface area contributed by atoms with Gasteiger partial charge in [-0.05, 0) is 37.3 Å². The van der Waals surface area contributed by atoms with E-state index in [0.29, 0.717) is 27.3 Å². The van der Waals surface area contributed by atoms with Crippen LogP contribution in [0.2, 0.25) is 10.0 Å². The molecular weight excluding hydrogens is 491 g/mol. The number of aromatic nitrogens is 3. The Morgan fingerprint density at radius 1 is 1.15 bits per heavy atom. The monoisotopic (exact) mass is 508 g/mol. The second-order valence-electron chi connectivity index (χ2n) is 6.86. The van der Waals surface area contributed by atoms with E-state index < -0.39 is 11.0 Å². The summed E-state index contributed by atoms with van der Waals surface area (Å²) in [7, 11) is 1.73. The molecule has 10 nitrogen and oxygen atoms in total. The normalized spacial score (nSPS) is 11.6. The molecule has 3 rings (SSSR count). The number of rotatable bonds is 8. The standard InChI is InChI=1S/C20H18Cl2N6O4S/c1-11(23-19(30)12-3-8-15(21)16(22)9-12)18-25-26-20(27(18)2)33-10-17(29)24-13-4-6-14(7-5-13)28(31)32/h3-9,11H,10H2,1-2H3,(H,23,30)(H,24,29)/t11-/m0/s1. The van der Waals surface area contributed by atoms with Crippen LogP contribution in [0.15, 0.2) is 47.6 Å². The summed E-state index contributed by atoms with van der Waals surface area (Å²) >= 11 is 13.0. The highest BCUT2D eigenvalue weighted by molar-refractivity contribution is 7.99. The highest BCUT2D eigenvalue weighted by Gasteiger charge is 2.19. The Bertz CT molecular complexity index is 1200. The van der Waals surface area contributed by atoms with Gasteiger partial charge in [0.05, 0.1) is 26.8 Å². The van der Waals surface area contributed by atoms with Gasteiger partial charge in [0.2, 0.25) is 5.91 Å². The molecule has 0 aliphatic heterocycles. The molecule has 172 valence electrons. The van der Waals surface area contributed by atoms with Crippen molar-refractivity contribution in [2.45, 2.75) is 18.1 Å². The quantitative estimate of drug-likeness (QED) is 0.264. The van der Waals surface area contributed by atoms with E-state index in [0.717, 1.165) is 11.8 Å². The number of carbonyl (C=O) groups excluding carboxylic acids is 2. The molecule has 2 N–H and O–H groups in total. The fourth-order valence-electron chi connectivity index (χ4n) is 2.80. The number of hydrogen-bond donors (Lipinski definition) is 2. The Morgan fingerprint density at radius 2 is 1.85 bits per heavy atom. The number of carbonyl (C=O) groups is 2. The molecule has 0 radical (unpaired) electrons. The summed E-state index contributed by atoms with van der Waals surface area (Å²) in [5.74, 6) is -0.103. The second-order valence-corrected chi connectivity index (χ2v) is 8.62. The fourth-order valence-corrected chi connectivity index (χ4v) is 3.82. The molecule has 0 spiro atoms. The molecule has 0 aliphatic rings. The molecule has 1 aromatic heterocycles. The number of nitrogens with one attached hydrogen (secondary N) is 2. The highest BCUT2D eigenvalue weighted by Crippen LogP contribution is 2.24. The summed E-state index contributed by atoms with van der Waals surface area (Å²) in [6.45, 7) is 1.76. The van der Waals surface area contributed by atoms with Gasteiger partial charge in [0, 0.05) is 30.4 Å². The lowest BCUT2D eigenvalue weighted by molar-refractivity contribution is -0.384. The van der Waals surface area contributed by atoms with Crippen molar-refractivity contribution in [3.63, 3.8) is 0 Å². The molecule has 1 heterocycles. The van der Waals surface area contributed by atoms with Gasteiger partial charge in [0.25, 0.3) is 11.6 Å². The predicted molar refractivity (Wildman–Crippen MR) is 126 cm³/mol. The van der Waals surface area contributed by atoms with Crippen LogP contribution in [0.3, 0.4) is 0 Å². The van der Waals surface area contributed by atoms with E-state index in [2.05, 4.69) is 20.8 Å². The molecular formula is C20H18Cl2N6O4S. The fraction of sp³-hybridized carbons (Fsp3) is 0.200. The Balaban J connectivity index is 1.57. The predicted octanol–water partition coefficient (Wildman–Crippen LogP) is 4.25. The van der Waals surface area contributed by atoms with E-state index >= 15 is 0 Å². The third kappa shape index (κ3) is 6.21. The van der Waals surface area contributed by atoms with Crippen LogP contribution in [0.25, 0.3) is 0 Å². The van der Waals surface area contributed by atoms with Crippen molar-refractivity contribution in [2.24, 2.45) is 7.05 Å². The van der Waals surface area contributed by atoms with Gasteiger partial charge >= 0.3 is 0 Å². The Kier molecular flexibility index (Phi) is 7.90. The van der Waals surface area contributed by atoms with E-state index in [1.807, 2.05) is 0 Å². The molecule has 0 aliphatic carbocycles. The van der Waals surface area contributed by atoms with Crippen LogP contribution in [0.5, 0.6) is 0 Å². The van der Waals surface area contributed by atoms with Crippen LogP contribution in [0.4, 0.5) is 11.4 Å². The first-order valence-electron chi connectivity index (χ1n) is 9.48. The molecule has 13 heteroatoms. The molecule has 0 fully saturated rings. The van der Waals surface area contributed by atoms with Crippen molar-refractivity contribution in [2.75, 3.05) is 11.1 Å². The lowest BCUT2D eigenvalue weighted by Crippen LogP contribution is -2.28. The van der Waals surface area contributed by atoms with Gasteiger partial charge in [-0.1, -0.05) is 35.0 Å². The zero-order valence-corrected chi connectivity index (χ0v) is 19.7. The Morgan fingerprint density at radius 3 is 2.48 bits per heavy atom. The first-order valence-corrected chi connectivity index (χ1v) is 11.2. The van der Waals surface area contributed by atoms with Crippen molar-refractivity contribution in [1.82, 2.24) is 20.1 Å². The number of anilines is 1. The van der Waals surface area contributed by atoms with Gasteiger partial charge < -0.3 is 15.2 Å². The van der Waals surface area contributed by atoms with Gasteiger partial charge in [-0.2, -0.15) is 0 Å². The van der Waals surface area contributed by atoms with Crippen molar-refractivity contribution < 1.29 is 14.5 Å². The van der Waals surface area contributed by atoms with E-state index in [1.165, 1.54) is 30.3 Å². The number of nitro groups is 1. The zero-order valence-electron chi connectivity index (χ0n) is 17.4. The second kappa shape index (κ2) is 10.6. The maximum Gasteiger partial charge on any atom is 0.269 e. The summed E-state index contributed by atoms with van der Waals surface area (Å²) in [6.07, 6.45) is 0. The van der Waals surface area contributed by atoms with Crippen LogP contribution in [0, 0.1) is 10.1 Å². The van der Waals surface area contributed by atoms with Crippen LogP contribution in [-0.2, 0) is 11.8 Å². The molecule has 2 aromatic carbocycles. The maximum atomic E-state index is 12.5. The molecule has 2 amide bonds. The van der Waals surface area contributed by atoms with Crippen LogP contribution in [-0.4, -0.2) is 37.3 Å². The van der Waals surface area contributed by atoms with E-state index in [1.54, 1.807) is 30.7 Å². The Labute approximate surface area is 202 Å². The van der Waals surface area contributed by atoms with Crippen molar-refractivity contribution in [3.05, 3.63) is 74.0 Å². The molecule has 3 aromatic rings. The van der Waals surface area contributed by atoms with Crippen LogP contribution in [0.1, 0.15) is 29.1 Å². The molecule has 0 saturated carbocycles. The molecule has 0 unspecified atom stereocenters. The summed E-state index contributed by atoms with van der Waals surface area (Å²) in [4.78, 5) is 34.9. The minimum atomic E-state index is -0.513. The number of nitro benzene ring substituents is 1. The third-order valence-electron chi connectivity index (χ3n) is 4.48. The summed E-state index contributed by atoms with van der Waals surface area (Å²) in [5, 5.41) is 25.5. The average Bonchev–Trinajstić information content (AvgIpc) is 3.14. The Hall–Kier alpha value is -3.15. The number of thioether (sulfide) groups is 1. The topological polar surface area (TPSA) is 132 Å². The first kappa shape index (κ1) is 24.5. The molecule has 1 atom stereocenters. The largest absolute Gasteiger partial charge is 0.342 e. The summed E-state index contributed by atoms with van der Waals surface area (Å²) in [6, 6.07) is 9.66. The van der Waals surface area contributed by atoms with Crippen molar-refractivity contribution >= 4 is 58.2 Å². The zero-order chi connectivity index (χ0) is 24.1. The number of hydrogen-bond acceptors (Lipinski definition) is 7. The molecule has 0 bridgehead atoms. The number of amides is 2. The average molecular weight is 509 g/mol. The maximum absolute atomic E-state index is 12.5. The lowest BCUT2D eigenvalue weighted by Gasteiger charge is -2.14. The summed E-state index contributed by atoms with van der Waals surface area (Å²) in [5.41, 5.74) is 0.744. The number of benzene rings is 2. The van der Waals surface area contributed by atoms with E-state index in [4.69, 9.17) is 23.2 Å². The van der Waals surface area contributed by atoms with Crippen molar-refractivity contribution in [1.29, 1.82) is 0 Å². The minimum absolute atomic E-state index is 0.0486. The molecule has 0 saturated heterocycles. The molecule has 33 heavy (non-hydrogen) atoms. The summed E-state index contributed by atoms with van der Waals surface area (Å²) < 4.78 is 1.68. The number of halogens is 2. The third-order valence-corrected chi connectivity index (χ3v) is 6.24. The first-order chi connectivity index (χ1) is 15.7. The highest BCUT2D eigenvalue weighted by atomic mass is 35.5.